The van der Waals surface area contributed by atoms with Crippen LogP contribution in [0.15, 0.2) is 126 Å². The molecule has 1 N–H and O–H groups in total. The van der Waals surface area contributed by atoms with E-state index in [1.165, 1.54) is 0 Å². The lowest BCUT2D eigenvalue weighted by atomic mass is 9.42. The number of hydrogen-bond donors (Lipinski definition) is 1. The SMILES string of the molecule is c1ccc(C2=N[B-](c3ccccc3)(c3ccccc3)O[C@@H](c3ccccc3)N2)cc1. The fourth-order valence-corrected chi connectivity index (χ4v) is 4.07. The molecule has 146 valence electrons. The van der Waals surface area contributed by atoms with Crippen molar-refractivity contribution in [2.24, 2.45) is 4.90 Å². The summed E-state index contributed by atoms with van der Waals surface area (Å²) >= 11 is 0. The molecular formula is C26H22BN2O-. The molecule has 1 atom stereocenters. The van der Waals surface area contributed by atoms with Crippen molar-refractivity contribution in [1.29, 1.82) is 0 Å². The van der Waals surface area contributed by atoms with Gasteiger partial charge in [-0.05, 0) is 5.56 Å². The van der Waals surface area contributed by atoms with Crippen molar-refractivity contribution < 1.29 is 4.65 Å². The van der Waals surface area contributed by atoms with Crippen LogP contribution in [-0.4, -0.2) is 12.3 Å². The van der Waals surface area contributed by atoms with Crippen molar-refractivity contribution in [3.63, 3.8) is 0 Å². The van der Waals surface area contributed by atoms with Gasteiger partial charge in [0.1, 0.15) is 6.23 Å². The van der Waals surface area contributed by atoms with E-state index in [2.05, 4.69) is 53.8 Å². The summed E-state index contributed by atoms with van der Waals surface area (Å²) in [6.07, 6.45) is -0.320. The van der Waals surface area contributed by atoms with Crippen LogP contribution in [0.25, 0.3) is 0 Å². The van der Waals surface area contributed by atoms with Gasteiger partial charge in [0.15, 0.2) is 0 Å². The molecule has 4 aromatic carbocycles. The molecule has 1 aliphatic rings. The molecular weight excluding hydrogens is 367 g/mol. The van der Waals surface area contributed by atoms with Gasteiger partial charge in [-0.25, -0.2) is 0 Å². The highest BCUT2D eigenvalue weighted by Crippen LogP contribution is 2.26. The number of nitrogens with zero attached hydrogens (tertiary/aromatic N) is 1. The van der Waals surface area contributed by atoms with Crippen LogP contribution in [0.3, 0.4) is 0 Å². The quantitative estimate of drug-likeness (QED) is 0.535. The van der Waals surface area contributed by atoms with E-state index in [1.54, 1.807) is 0 Å². The van der Waals surface area contributed by atoms with Crippen LogP contribution in [0.4, 0.5) is 0 Å². The highest BCUT2D eigenvalue weighted by Gasteiger charge is 2.36. The molecule has 0 aromatic heterocycles. The fraction of sp³-hybridized carbons (Fsp3) is 0.0385. The Hall–Kier alpha value is -3.63. The molecule has 1 heterocycles. The molecule has 0 bridgehead atoms. The zero-order valence-corrected chi connectivity index (χ0v) is 16.6. The Morgan fingerprint density at radius 3 is 1.60 bits per heavy atom. The third-order valence-electron chi connectivity index (χ3n) is 5.56. The van der Waals surface area contributed by atoms with E-state index in [0.717, 1.165) is 27.9 Å². The van der Waals surface area contributed by atoms with Crippen molar-refractivity contribution >= 4 is 23.2 Å². The van der Waals surface area contributed by atoms with Gasteiger partial charge in [0.2, 0.25) is 0 Å². The average Bonchev–Trinajstić information content (AvgIpc) is 2.86. The zero-order valence-electron chi connectivity index (χ0n) is 16.6. The summed E-state index contributed by atoms with van der Waals surface area (Å²) in [4.78, 5) is 5.25. The van der Waals surface area contributed by atoms with E-state index >= 15 is 0 Å². The number of rotatable bonds is 4. The monoisotopic (exact) mass is 389 g/mol. The maximum absolute atomic E-state index is 6.85. The summed E-state index contributed by atoms with van der Waals surface area (Å²) in [6, 6.07) is 41.1. The van der Waals surface area contributed by atoms with Gasteiger partial charge in [0.05, 0.1) is 5.84 Å². The normalized spacial score (nSPS) is 17.6. The molecule has 0 fully saturated rings. The van der Waals surface area contributed by atoms with Gasteiger partial charge < -0.3 is 14.9 Å². The molecule has 0 spiro atoms. The fourth-order valence-electron chi connectivity index (χ4n) is 4.07. The number of amidine groups is 1. The van der Waals surface area contributed by atoms with Gasteiger partial charge in [-0.15, -0.1) is 0 Å². The summed E-state index contributed by atoms with van der Waals surface area (Å²) in [6.45, 7) is -1.83. The van der Waals surface area contributed by atoms with Crippen LogP contribution < -0.4 is 16.2 Å². The zero-order chi connectivity index (χ0) is 20.2. The van der Waals surface area contributed by atoms with Crippen LogP contribution in [0, 0.1) is 0 Å². The van der Waals surface area contributed by atoms with Gasteiger partial charge in [-0.3, -0.25) is 0 Å². The molecule has 0 saturated carbocycles. The Labute approximate surface area is 177 Å². The van der Waals surface area contributed by atoms with E-state index in [1.807, 2.05) is 72.8 Å². The lowest BCUT2D eigenvalue weighted by Crippen LogP contribution is -2.64. The summed E-state index contributed by atoms with van der Waals surface area (Å²) in [5.41, 5.74) is 4.22. The first-order valence-corrected chi connectivity index (χ1v) is 10.3. The number of benzene rings is 4. The van der Waals surface area contributed by atoms with Crippen molar-refractivity contribution in [2.75, 3.05) is 0 Å². The molecule has 0 radical (unpaired) electrons. The first-order valence-electron chi connectivity index (χ1n) is 10.3. The summed E-state index contributed by atoms with van der Waals surface area (Å²) < 4.78 is 6.85. The predicted octanol–water partition coefficient (Wildman–Crippen LogP) is 4.01. The van der Waals surface area contributed by atoms with Crippen molar-refractivity contribution in [3.8, 4) is 0 Å². The predicted molar refractivity (Wildman–Crippen MR) is 124 cm³/mol. The van der Waals surface area contributed by atoms with Crippen molar-refractivity contribution in [2.45, 2.75) is 6.23 Å². The maximum Gasteiger partial charge on any atom is 0.285 e. The number of hydrogen-bond acceptors (Lipinski definition) is 3. The third kappa shape index (κ3) is 3.42. The average molecular weight is 389 g/mol. The molecule has 0 saturated heterocycles. The van der Waals surface area contributed by atoms with Crippen LogP contribution in [0.1, 0.15) is 17.4 Å². The third-order valence-corrected chi connectivity index (χ3v) is 5.56. The van der Waals surface area contributed by atoms with Crippen LogP contribution in [0.2, 0.25) is 0 Å². The second kappa shape index (κ2) is 8.01. The molecule has 1 aliphatic heterocycles. The van der Waals surface area contributed by atoms with Crippen LogP contribution in [0.5, 0.6) is 0 Å². The van der Waals surface area contributed by atoms with Gasteiger partial charge in [-0.1, -0.05) is 121 Å². The van der Waals surface area contributed by atoms with E-state index in [0.29, 0.717) is 0 Å². The van der Waals surface area contributed by atoms with Gasteiger partial charge in [-0.2, -0.15) is 10.9 Å². The maximum atomic E-state index is 6.85. The summed E-state index contributed by atoms with van der Waals surface area (Å²) in [5, 5.41) is 3.52. The molecule has 0 unspecified atom stereocenters. The van der Waals surface area contributed by atoms with E-state index in [4.69, 9.17) is 9.56 Å². The first-order chi connectivity index (χ1) is 14.9. The topological polar surface area (TPSA) is 33.6 Å². The minimum atomic E-state index is -1.83. The smallest absolute Gasteiger partial charge is 0.285 e. The summed E-state index contributed by atoms with van der Waals surface area (Å²) in [5.74, 6) is 0.836. The lowest BCUT2D eigenvalue weighted by Gasteiger charge is -2.48. The molecule has 4 aromatic rings. The van der Waals surface area contributed by atoms with Crippen LogP contribution >= 0.6 is 0 Å². The first kappa shape index (κ1) is 18.4. The largest absolute Gasteiger partial charge is 0.543 e. The van der Waals surface area contributed by atoms with E-state index in [9.17, 15) is 0 Å². The second-order valence-corrected chi connectivity index (χ2v) is 7.48. The van der Waals surface area contributed by atoms with Gasteiger partial charge in [0.25, 0.3) is 6.48 Å². The minimum Gasteiger partial charge on any atom is -0.543 e. The molecule has 5 rings (SSSR count). The molecule has 30 heavy (non-hydrogen) atoms. The molecule has 4 heteroatoms. The van der Waals surface area contributed by atoms with Crippen molar-refractivity contribution in [1.82, 2.24) is 5.32 Å². The van der Waals surface area contributed by atoms with Crippen molar-refractivity contribution in [3.05, 3.63) is 132 Å². The summed E-state index contributed by atoms with van der Waals surface area (Å²) in [7, 11) is 0. The van der Waals surface area contributed by atoms with E-state index < -0.39 is 6.48 Å². The Kier molecular flexibility index (Phi) is 4.92. The Bertz CT molecular complexity index is 1090. The molecule has 0 amide bonds. The van der Waals surface area contributed by atoms with E-state index in [-0.39, 0.29) is 6.23 Å². The second-order valence-electron chi connectivity index (χ2n) is 7.48. The van der Waals surface area contributed by atoms with Crippen LogP contribution in [-0.2, 0) is 4.65 Å². The Balaban J connectivity index is 1.74. The molecule has 3 nitrogen and oxygen atoms in total. The highest BCUT2D eigenvalue weighted by molar-refractivity contribution is 6.97. The minimum absolute atomic E-state index is 0.320. The van der Waals surface area contributed by atoms with Gasteiger partial charge in [0, 0.05) is 5.56 Å². The van der Waals surface area contributed by atoms with Gasteiger partial charge >= 0.3 is 0 Å². The molecule has 0 aliphatic carbocycles. The highest BCUT2D eigenvalue weighted by atomic mass is 16.5. The lowest BCUT2D eigenvalue weighted by molar-refractivity contribution is 0.180. The number of nitrogens with one attached hydrogen (secondary N) is 1. The standard InChI is InChI=1S/C26H22BN2O/c1-5-13-21(14-6-1)25-28-26(22-15-7-2-8-16-22)30-27(29-25,23-17-9-3-10-18-23)24-19-11-4-12-20-24/h1-20,26H,(H,28,29)/q-1/t26-/m0/s1. The Morgan fingerprint density at radius 1 is 0.600 bits per heavy atom. The Morgan fingerprint density at radius 2 is 1.07 bits per heavy atom.